The van der Waals surface area contributed by atoms with Gasteiger partial charge in [0.15, 0.2) is 5.78 Å². The third-order valence-corrected chi connectivity index (χ3v) is 2.53. The van der Waals surface area contributed by atoms with Gasteiger partial charge in [0, 0.05) is 12.8 Å². The number of aryl methyl sites for hydroxylation is 1. The van der Waals surface area contributed by atoms with Crippen molar-refractivity contribution in [1.82, 2.24) is 0 Å². The lowest BCUT2D eigenvalue weighted by atomic mass is 10.1. The molecule has 1 aromatic rings. The minimum Gasteiger partial charge on any atom is -0.426 e. The van der Waals surface area contributed by atoms with Crippen molar-refractivity contribution in [3.8, 4) is 5.75 Å². The summed E-state index contributed by atoms with van der Waals surface area (Å²) in [6.07, 6.45) is 1.60. The maximum atomic E-state index is 11.6. The Kier molecular flexibility index (Phi) is 2.54. The first kappa shape index (κ1) is 9.90. The highest BCUT2D eigenvalue weighted by molar-refractivity contribution is 6.03. The van der Waals surface area contributed by atoms with Gasteiger partial charge >= 0.3 is 5.97 Å². The van der Waals surface area contributed by atoms with Crippen LogP contribution in [0.15, 0.2) is 18.2 Å². The van der Waals surface area contributed by atoms with Gasteiger partial charge in [0.2, 0.25) is 0 Å². The van der Waals surface area contributed by atoms with Crippen molar-refractivity contribution in [3.63, 3.8) is 0 Å². The van der Waals surface area contributed by atoms with Crippen molar-refractivity contribution in [3.05, 3.63) is 29.3 Å². The van der Waals surface area contributed by atoms with E-state index in [2.05, 4.69) is 0 Å². The molecule has 0 fully saturated rings. The first-order valence-corrected chi connectivity index (χ1v) is 5.08. The van der Waals surface area contributed by atoms with Crippen molar-refractivity contribution in [2.45, 2.75) is 26.2 Å². The van der Waals surface area contributed by atoms with Gasteiger partial charge in [-0.2, -0.15) is 0 Å². The molecule has 0 atom stereocenters. The predicted molar refractivity (Wildman–Crippen MR) is 55.0 cm³/mol. The SMILES string of the molecule is CCC(=O)Oc1cccc2c1C(=O)CC2. The van der Waals surface area contributed by atoms with E-state index in [0.29, 0.717) is 24.2 Å². The van der Waals surface area contributed by atoms with Crippen LogP contribution in [0.3, 0.4) is 0 Å². The maximum Gasteiger partial charge on any atom is 0.310 e. The van der Waals surface area contributed by atoms with Crippen LogP contribution in [0.1, 0.15) is 35.7 Å². The average Bonchev–Trinajstić information content (AvgIpc) is 2.61. The number of benzene rings is 1. The third-order valence-electron chi connectivity index (χ3n) is 2.53. The number of carbonyl (C=O) groups excluding carboxylic acids is 2. The molecule has 1 aliphatic rings. The highest BCUT2D eigenvalue weighted by Crippen LogP contribution is 2.30. The normalized spacial score (nSPS) is 13.8. The second-order valence-corrected chi connectivity index (χ2v) is 3.54. The molecule has 1 aliphatic carbocycles. The number of hydrogen-bond donors (Lipinski definition) is 0. The lowest BCUT2D eigenvalue weighted by molar-refractivity contribution is -0.134. The monoisotopic (exact) mass is 204 g/mol. The Hall–Kier alpha value is -1.64. The molecule has 78 valence electrons. The summed E-state index contributed by atoms with van der Waals surface area (Å²) in [7, 11) is 0. The lowest BCUT2D eigenvalue weighted by Gasteiger charge is -2.06. The zero-order chi connectivity index (χ0) is 10.8. The Balaban J connectivity index is 2.36. The smallest absolute Gasteiger partial charge is 0.310 e. The molecule has 0 saturated heterocycles. The summed E-state index contributed by atoms with van der Waals surface area (Å²) >= 11 is 0. The van der Waals surface area contributed by atoms with Crippen LogP contribution in [0.5, 0.6) is 5.75 Å². The van der Waals surface area contributed by atoms with Crippen molar-refractivity contribution in [2.24, 2.45) is 0 Å². The molecule has 15 heavy (non-hydrogen) atoms. The van der Waals surface area contributed by atoms with Crippen molar-refractivity contribution in [1.29, 1.82) is 0 Å². The molecule has 0 unspecified atom stereocenters. The van der Waals surface area contributed by atoms with E-state index in [4.69, 9.17) is 4.74 Å². The van der Waals surface area contributed by atoms with E-state index in [1.54, 1.807) is 13.0 Å². The molecule has 0 amide bonds. The molecule has 0 heterocycles. The Labute approximate surface area is 88.1 Å². The molecular formula is C12H12O3. The summed E-state index contributed by atoms with van der Waals surface area (Å²) < 4.78 is 5.12. The number of ether oxygens (including phenoxy) is 1. The van der Waals surface area contributed by atoms with Crippen LogP contribution in [0, 0.1) is 0 Å². The number of Topliss-reactive ketones (excluding diaryl/α,β-unsaturated/α-hetero) is 1. The van der Waals surface area contributed by atoms with Crippen LogP contribution in [0.4, 0.5) is 0 Å². The molecule has 0 radical (unpaired) electrons. The first-order chi connectivity index (χ1) is 7.22. The molecular weight excluding hydrogens is 192 g/mol. The third kappa shape index (κ3) is 1.77. The van der Waals surface area contributed by atoms with E-state index in [1.807, 2.05) is 12.1 Å². The molecule has 3 heteroatoms. The summed E-state index contributed by atoms with van der Waals surface area (Å²) in [5.74, 6) is 0.189. The van der Waals surface area contributed by atoms with E-state index in [9.17, 15) is 9.59 Å². The summed E-state index contributed by atoms with van der Waals surface area (Å²) in [5, 5.41) is 0. The van der Waals surface area contributed by atoms with E-state index in [0.717, 1.165) is 12.0 Å². The highest BCUT2D eigenvalue weighted by atomic mass is 16.5. The number of hydrogen-bond acceptors (Lipinski definition) is 3. The molecule has 0 N–H and O–H groups in total. The fourth-order valence-corrected chi connectivity index (χ4v) is 1.75. The van der Waals surface area contributed by atoms with Gasteiger partial charge in [-0.3, -0.25) is 9.59 Å². The first-order valence-electron chi connectivity index (χ1n) is 5.08. The van der Waals surface area contributed by atoms with Crippen LogP contribution < -0.4 is 4.74 Å². The predicted octanol–water partition coefficient (Wildman–Crippen LogP) is 2.13. The van der Waals surface area contributed by atoms with E-state index >= 15 is 0 Å². The fraction of sp³-hybridized carbons (Fsp3) is 0.333. The Morgan fingerprint density at radius 1 is 1.40 bits per heavy atom. The number of rotatable bonds is 2. The summed E-state index contributed by atoms with van der Waals surface area (Å²) in [4.78, 5) is 22.7. The van der Waals surface area contributed by atoms with Gasteiger partial charge in [0.25, 0.3) is 0 Å². The minimum absolute atomic E-state index is 0.0736. The van der Waals surface area contributed by atoms with Crippen LogP contribution >= 0.6 is 0 Å². The zero-order valence-electron chi connectivity index (χ0n) is 8.58. The van der Waals surface area contributed by atoms with Crippen molar-refractivity contribution in [2.75, 3.05) is 0 Å². The lowest BCUT2D eigenvalue weighted by Crippen LogP contribution is -2.08. The van der Waals surface area contributed by atoms with Gasteiger partial charge in [-0.15, -0.1) is 0 Å². The van der Waals surface area contributed by atoms with E-state index in [1.165, 1.54) is 0 Å². The van der Waals surface area contributed by atoms with Gasteiger partial charge < -0.3 is 4.74 Å². The Morgan fingerprint density at radius 3 is 2.93 bits per heavy atom. The van der Waals surface area contributed by atoms with Gasteiger partial charge in [0.1, 0.15) is 5.75 Å². The van der Waals surface area contributed by atoms with Crippen LogP contribution in [0.2, 0.25) is 0 Å². The zero-order valence-corrected chi connectivity index (χ0v) is 8.58. The van der Waals surface area contributed by atoms with Gasteiger partial charge in [0.05, 0.1) is 5.56 Å². The largest absolute Gasteiger partial charge is 0.426 e. The number of esters is 1. The fourth-order valence-electron chi connectivity index (χ4n) is 1.75. The quantitative estimate of drug-likeness (QED) is 0.547. The molecule has 2 rings (SSSR count). The van der Waals surface area contributed by atoms with E-state index in [-0.39, 0.29) is 11.8 Å². The molecule has 0 spiro atoms. The topological polar surface area (TPSA) is 43.4 Å². The Bertz CT molecular complexity index is 421. The Morgan fingerprint density at radius 2 is 2.20 bits per heavy atom. The molecule has 0 bridgehead atoms. The molecule has 0 aromatic heterocycles. The summed E-state index contributed by atoms with van der Waals surface area (Å²) in [6, 6.07) is 5.40. The second kappa shape index (κ2) is 3.85. The van der Waals surface area contributed by atoms with E-state index < -0.39 is 0 Å². The van der Waals surface area contributed by atoms with Crippen molar-refractivity contribution < 1.29 is 14.3 Å². The van der Waals surface area contributed by atoms with Crippen molar-refractivity contribution >= 4 is 11.8 Å². The maximum absolute atomic E-state index is 11.6. The molecule has 0 saturated carbocycles. The average molecular weight is 204 g/mol. The summed E-state index contributed by atoms with van der Waals surface area (Å²) in [5.41, 5.74) is 1.58. The van der Waals surface area contributed by atoms with Crippen LogP contribution in [-0.2, 0) is 11.2 Å². The van der Waals surface area contributed by atoms with Gasteiger partial charge in [-0.25, -0.2) is 0 Å². The number of carbonyl (C=O) groups is 2. The number of fused-ring (bicyclic) bond motifs is 1. The standard InChI is InChI=1S/C12H12O3/c1-2-11(14)15-10-5-3-4-8-6-7-9(13)12(8)10/h3-5H,2,6-7H2,1H3. The van der Waals surface area contributed by atoms with Crippen LogP contribution in [-0.4, -0.2) is 11.8 Å². The molecule has 1 aromatic carbocycles. The number of ketones is 1. The van der Waals surface area contributed by atoms with Crippen LogP contribution in [0.25, 0.3) is 0 Å². The molecule has 0 aliphatic heterocycles. The highest BCUT2D eigenvalue weighted by Gasteiger charge is 2.24. The second-order valence-electron chi connectivity index (χ2n) is 3.54. The molecule has 3 nitrogen and oxygen atoms in total. The summed E-state index contributed by atoms with van der Waals surface area (Å²) in [6.45, 7) is 1.73. The van der Waals surface area contributed by atoms with Gasteiger partial charge in [-0.1, -0.05) is 19.1 Å². The minimum atomic E-state index is -0.303. The van der Waals surface area contributed by atoms with Gasteiger partial charge in [-0.05, 0) is 18.1 Å².